The highest BCUT2D eigenvalue weighted by molar-refractivity contribution is 7.80. The smallest absolute Gasteiger partial charge is 0.255 e. The molecule has 1 amide bonds. The first-order valence-corrected chi connectivity index (χ1v) is 10.7. The lowest BCUT2D eigenvalue weighted by atomic mass is 10.0. The summed E-state index contributed by atoms with van der Waals surface area (Å²) >= 11 is 5.35. The number of hydrogen-bond donors (Lipinski definition) is 3. The van der Waals surface area contributed by atoms with Crippen LogP contribution < -0.4 is 16.0 Å². The molecule has 3 N–H and O–H groups in total. The van der Waals surface area contributed by atoms with E-state index in [2.05, 4.69) is 28.1 Å². The molecule has 0 saturated heterocycles. The van der Waals surface area contributed by atoms with E-state index in [0.717, 1.165) is 22.4 Å². The minimum Gasteiger partial charge on any atom is -0.384 e. The molecule has 0 unspecified atom stereocenters. The van der Waals surface area contributed by atoms with Crippen molar-refractivity contribution in [1.82, 2.24) is 16.0 Å². The van der Waals surface area contributed by atoms with Gasteiger partial charge >= 0.3 is 0 Å². The van der Waals surface area contributed by atoms with Gasteiger partial charge in [-0.25, -0.2) is 0 Å². The van der Waals surface area contributed by atoms with Crippen molar-refractivity contribution in [3.05, 3.63) is 119 Å². The number of allylic oxidation sites excluding steroid dienone is 1. The van der Waals surface area contributed by atoms with Crippen LogP contribution in [0.25, 0.3) is 0 Å². The Morgan fingerprint density at radius 3 is 1.68 bits per heavy atom. The average Bonchev–Trinajstić information content (AvgIpc) is 2.81. The van der Waals surface area contributed by atoms with E-state index in [0.29, 0.717) is 30.2 Å². The highest BCUT2D eigenvalue weighted by Crippen LogP contribution is 2.12. The molecular weight excluding hydrogens is 402 g/mol. The Morgan fingerprint density at radius 2 is 1.16 bits per heavy atom. The number of thiocarbonyl (C=S) groups is 1. The first kappa shape index (κ1) is 22.2. The van der Waals surface area contributed by atoms with Gasteiger partial charge in [-0.2, -0.15) is 0 Å². The van der Waals surface area contributed by atoms with Gasteiger partial charge in [-0.15, -0.1) is 0 Å². The number of rotatable bonds is 8. The van der Waals surface area contributed by atoms with Gasteiger partial charge in [0.25, 0.3) is 5.91 Å². The Labute approximate surface area is 189 Å². The number of hydrogen-bond acceptors (Lipinski definition) is 3. The van der Waals surface area contributed by atoms with Crippen LogP contribution in [0.3, 0.4) is 0 Å². The summed E-state index contributed by atoms with van der Waals surface area (Å²) < 4.78 is 0. The van der Waals surface area contributed by atoms with Gasteiger partial charge in [-0.3, -0.25) is 10.1 Å². The maximum Gasteiger partial charge on any atom is 0.255 e. The van der Waals surface area contributed by atoms with Crippen LogP contribution in [0.2, 0.25) is 0 Å². The van der Waals surface area contributed by atoms with Gasteiger partial charge in [0.1, 0.15) is 0 Å². The summed E-state index contributed by atoms with van der Waals surface area (Å²) in [5, 5.41) is 9.64. The predicted molar refractivity (Wildman–Crippen MR) is 130 cm³/mol. The Morgan fingerprint density at radius 1 is 0.710 bits per heavy atom. The van der Waals surface area contributed by atoms with Crippen molar-refractivity contribution in [2.24, 2.45) is 0 Å². The third-order valence-electron chi connectivity index (χ3n) is 4.87. The molecule has 0 bridgehead atoms. The Kier molecular flexibility index (Phi) is 8.38. The molecule has 0 saturated carbocycles. The Bertz CT molecular complexity index is 1020. The molecule has 5 heteroatoms. The SMILES string of the molecule is C/C(NCc1ccccc1)=C(\Cc1ccccc1)C(=O)NC(=S)NCc1ccccc1. The van der Waals surface area contributed by atoms with E-state index in [4.69, 9.17) is 12.2 Å². The van der Waals surface area contributed by atoms with Crippen molar-refractivity contribution in [3.63, 3.8) is 0 Å². The van der Waals surface area contributed by atoms with Crippen molar-refractivity contribution < 1.29 is 4.79 Å². The molecule has 3 aromatic rings. The second-order valence-electron chi connectivity index (χ2n) is 7.23. The van der Waals surface area contributed by atoms with Crippen molar-refractivity contribution in [3.8, 4) is 0 Å². The van der Waals surface area contributed by atoms with E-state index in [1.165, 1.54) is 0 Å². The summed E-state index contributed by atoms with van der Waals surface area (Å²) in [6, 6.07) is 30.0. The lowest BCUT2D eigenvalue weighted by Crippen LogP contribution is -2.40. The van der Waals surface area contributed by atoms with Gasteiger partial charge in [-0.1, -0.05) is 91.0 Å². The largest absolute Gasteiger partial charge is 0.384 e. The molecule has 0 heterocycles. The predicted octanol–water partition coefficient (Wildman–Crippen LogP) is 4.48. The molecule has 0 spiro atoms. The van der Waals surface area contributed by atoms with Crippen LogP contribution in [-0.2, 0) is 24.3 Å². The summed E-state index contributed by atoms with van der Waals surface area (Å²) in [6.07, 6.45) is 0.515. The standard InChI is InChI=1S/C26H27N3OS/c1-20(27-18-22-13-7-3-8-14-22)24(17-21-11-5-2-6-12-21)25(30)29-26(31)28-19-23-15-9-4-10-16-23/h2-16,27H,17-19H2,1H3,(H2,28,29,30,31)/b24-20-. The second kappa shape index (κ2) is 11.7. The van der Waals surface area contributed by atoms with Gasteiger partial charge in [0, 0.05) is 30.8 Å². The third kappa shape index (κ3) is 7.39. The molecule has 3 rings (SSSR count). The van der Waals surface area contributed by atoms with Crippen LogP contribution in [-0.4, -0.2) is 11.0 Å². The summed E-state index contributed by atoms with van der Waals surface area (Å²) in [5.41, 5.74) is 4.81. The van der Waals surface area contributed by atoms with Crippen LogP contribution in [0.15, 0.2) is 102 Å². The molecule has 0 atom stereocenters. The fraction of sp³-hybridized carbons (Fsp3) is 0.154. The van der Waals surface area contributed by atoms with Gasteiger partial charge in [-0.05, 0) is 35.8 Å². The first-order chi connectivity index (χ1) is 15.1. The van der Waals surface area contributed by atoms with Crippen molar-refractivity contribution in [1.29, 1.82) is 0 Å². The molecule has 0 aliphatic carbocycles. The van der Waals surface area contributed by atoms with Crippen LogP contribution in [0.1, 0.15) is 23.6 Å². The van der Waals surface area contributed by atoms with Gasteiger partial charge in [0.05, 0.1) is 0 Å². The summed E-state index contributed by atoms with van der Waals surface area (Å²) in [4.78, 5) is 13.1. The molecule has 0 aliphatic rings. The molecule has 3 aromatic carbocycles. The second-order valence-corrected chi connectivity index (χ2v) is 7.64. The lowest BCUT2D eigenvalue weighted by molar-refractivity contribution is -0.116. The van der Waals surface area contributed by atoms with E-state index >= 15 is 0 Å². The highest BCUT2D eigenvalue weighted by atomic mass is 32.1. The molecule has 0 radical (unpaired) electrons. The monoisotopic (exact) mass is 429 g/mol. The zero-order valence-electron chi connectivity index (χ0n) is 17.6. The fourth-order valence-corrected chi connectivity index (χ4v) is 3.29. The maximum atomic E-state index is 13.1. The molecule has 31 heavy (non-hydrogen) atoms. The number of carbonyl (C=O) groups excluding carboxylic acids is 1. The molecular formula is C26H27N3OS. The molecule has 0 fully saturated rings. The molecule has 0 aliphatic heterocycles. The summed E-state index contributed by atoms with van der Waals surface area (Å²) in [7, 11) is 0. The van der Waals surface area contributed by atoms with Gasteiger partial charge in [0.2, 0.25) is 0 Å². The normalized spacial score (nSPS) is 11.3. The summed E-state index contributed by atoms with van der Waals surface area (Å²) in [5.74, 6) is -0.201. The van der Waals surface area contributed by atoms with Crippen LogP contribution in [0.5, 0.6) is 0 Å². The van der Waals surface area contributed by atoms with E-state index in [-0.39, 0.29) is 5.91 Å². The minimum atomic E-state index is -0.201. The van der Waals surface area contributed by atoms with E-state index in [1.54, 1.807) is 0 Å². The average molecular weight is 430 g/mol. The van der Waals surface area contributed by atoms with Crippen LogP contribution >= 0.6 is 12.2 Å². The van der Waals surface area contributed by atoms with Crippen molar-refractivity contribution in [2.75, 3.05) is 0 Å². The van der Waals surface area contributed by atoms with Gasteiger partial charge in [0.15, 0.2) is 5.11 Å². The third-order valence-corrected chi connectivity index (χ3v) is 5.12. The molecule has 0 aromatic heterocycles. The molecule has 158 valence electrons. The van der Waals surface area contributed by atoms with Crippen molar-refractivity contribution in [2.45, 2.75) is 26.4 Å². The molecule has 4 nitrogen and oxygen atoms in total. The zero-order chi connectivity index (χ0) is 21.9. The Balaban J connectivity index is 1.68. The van der Waals surface area contributed by atoms with E-state index < -0.39 is 0 Å². The maximum absolute atomic E-state index is 13.1. The first-order valence-electron chi connectivity index (χ1n) is 10.3. The highest BCUT2D eigenvalue weighted by Gasteiger charge is 2.15. The number of benzene rings is 3. The number of carbonyl (C=O) groups is 1. The quantitative estimate of drug-likeness (QED) is 0.365. The minimum absolute atomic E-state index is 0.201. The Hall–Kier alpha value is -3.44. The zero-order valence-corrected chi connectivity index (χ0v) is 18.4. The van der Waals surface area contributed by atoms with Crippen molar-refractivity contribution >= 4 is 23.2 Å². The number of nitrogens with one attached hydrogen (secondary N) is 3. The van der Waals surface area contributed by atoms with Crippen LogP contribution in [0.4, 0.5) is 0 Å². The van der Waals surface area contributed by atoms with E-state index in [1.807, 2.05) is 85.8 Å². The van der Waals surface area contributed by atoms with Crippen LogP contribution in [0, 0.1) is 0 Å². The summed E-state index contributed by atoms with van der Waals surface area (Å²) in [6.45, 7) is 3.14. The van der Waals surface area contributed by atoms with Gasteiger partial charge < -0.3 is 10.6 Å². The lowest BCUT2D eigenvalue weighted by Gasteiger charge is -2.16. The van der Waals surface area contributed by atoms with E-state index in [9.17, 15) is 4.79 Å². The topological polar surface area (TPSA) is 53.2 Å². The fourth-order valence-electron chi connectivity index (χ4n) is 3.12. The number of amides is 1.